The molecule has 8 heteroatoms. The summed E-state index contributed by atoms with van der Waals surface area (Å²) in [6, 6.07) is 9.59. The number of nitrogens with zero attached hydrogens (tertiary/aromatic N) is 3. The molecule has 4 aromatic rings. The third-order valence-corrected chi connectivity index (χ3v) is 4.86. The highest BCUT2D eigenvalue weighted by Crippen LogP contribution is 2.23. The van der Waals surface area contributed by atoms with Crippen molar-refractivity contribution in [1.29, 1.82) is 0 Å². The third kappa shape index (κ3) is 3.07. The van der Waals surface area contributed by atoms with Gasteiger partial charge in [0.05, 0.1) is 0 Å². The number of aromatic amines is 1. The average molecular weight is 401 g/mol. The van der Waals surface area contributed by atoms with Crippen molar-refractivity contribution in [1.82, 2.24) is 19.5 Å². The van der Waals surface area contributed by atoms with E-state index in [1.807, 2.05) is 0 Å². The summed E-state index contributed by atoms with van der Waals surface area (Å²) in [5, 5.41) is 0.586. The summed E-state index contributed by atoms with van der Waals surface area (Å²) >= 11 is 5.92. The second-order valence-corrected chi connectivity index (χ2v) is 6.96. The van der Waals surface area contributed by atoms with Gasteiger partial charge in [0.2, 0.25) is 0 Å². The largest absolute Gasteiger partial charge is 0.312 e. The van der Waals surface area contributed by atoms with Crippen LogP contribution in [0.1, 0.15) is 17.0 Å². The molecule has 0 bridgehead atoms. The van der Waals surface area contributed by atoms with Crippen molar-refractivity contribution >= 4 is 22.8 Å². The van der Waals surface area contributed by atoms with Crippen molar-refractivity contribution in [2.75, 3.05) is 0 Å². The Bertz CT molecular complexity index is 1260. The maximum absolute atomic E-state index is 14.3. The Kier molecular flexibility index (Phi) is 4.47. The van der Waals surface area contributed by atoms with Crippen LogP contribution in [0, 0.1) is 18.6 Å². The van der Waals surface area contributed by atoms with Crippen LogP contribution in [-0.4, -0.2) is 19.5 Å². The molecule has 0 saturated carbocycles. The number of hydrogen-bond acceptors (Lipinski definition) is 3. The lowest BCUT2D eigenvalue weighted by Gasteiger charge is -2.07. The molecule has 142 valence electrons. The Morgan fingerprint density at radius 3 is 2.54 bits per heavy atom. The predicted octanol–water partition coefficient (Wildman–Crippen LogP) is 4.15. The SMILES string of the molecule is Cc1ccc(F)c(Cc2nc3c(nc(-c4ccc(Cl)cc4)n3C)c(=O)[nH]2)c1F. The van der Waals surface area contributed by atoms with Gasteiger partial charge in [0.1, 0.15) is 23.3 Å². The number of aryl methyl sites for hydroxylation is 2. The van der Waals surface area contributed by atoms with Crippen molar-refractivity contribution < 1.29 is 8.78 Å². The highest BCUT2D eigenvalue weighted by atomic mass is 35.5. The first-order valence-electron chi connectivity index (χ1n) is 8.50. The molecule has 0 amide bonds. The minimum atomic E-state index is -0.683. The van der Waals surface area contributed by atoms with Crippen LogP contribution in [-0.2, 0) is 13.5 Å². The minimum absolute atomic E-state index is 0.136. The Morgan fingerprint density at radius 2 is 1.82 bits per heavy atom. The Morgan fingerprint density at radius 1 is 1.11 bits per heavy atom. The quantitative estimate of drug-likeness (QED) is 0.561. The summed E-state index contributed by atoms with van der Waals surface area (Å²) in [5.41, 5.74) is 0.970. The number of fused-ring (bicyclic) bond motifs is 1. The van der Waals surface area contributed by atoms with Crippen molar-refractivity contribution in [3.05, 3.63) is 80.4 Å². The molecule has 5 nitrogen and oxygen atoms in total. The Balaban J connectivity index is 1.83. The van der Waals surface area contributed by atoms with Gasteiger partial charge in [-0.05, 0) is 42.8 Å². The standard InChI is InChI=1S/C20H15ClF2N4O/c1-10-3-8-14(22)13(16(10)23)9-15-24-19-17(20(28)25-15)26-18(27(19)2)11-4-6-12(21)7-5-11/h3-8H,9H2,1-2H3,(H,24,25,28). The van der Waals surface area contributed by atoms with Crippen LogP contribution in [0.15, 0.2) is 41.2 Å². The Labute approximate surface area is 163 Å². The smallest absolute Gasteiger partial charge is 0.279 e. The molecule has 1 N–H and O–H groups in total. The first-order chi connectivity index (χ1) is 13.3. The van der Waals surface area contributed by atoms with Crippen molar-refractivity contribution in [2.45, 2.75) is 13.3 Å². The van der Waals surface area contributed by atoms with E-state index in [0.717, 1.165) is 5.56 Å². The lowest BCUT2D eigenvalue weighted by Crippen LogP contribution is -2.14. The second kappa shape index (κ2) is 6.83. The van der Waals surface area contributed by atoms with Crippen LogP contribution in [0.5, 0.6) is 0 Å². The van der Waals surface area contributed by atoms with E-state index >= 15 is 0 Å². The molecular weight excluding hydrogens is 386 g/mol. The van der Waals surface area contributed by atoms with Gasteiger partial charge >= 0.3 is 0 Å². The Hall–Kier alpha value is -3.06. The zero-order valence-electron chi connectivity index (χ0n) is 15.1. The molecule has 2 aromatic heterocycles. The molecule has 4 rings (SSSR count). The summed E-state index contributed by atoms with van der Waals surface area (Å²) in [7, 11) is 1.73. The van der Waals surface area contributed by atoms with E-state index in [4.69, 9.17) is 11.6 Å². The first-order valence-corrected chi connectivity index (χ1v) is 8.88. The zero-order chi connectivity index (χ0) is 20.0. The number of H-pyrrole nitrogens is 1. The van der Waals surface area contributed by atoms with Gasteiger partial charge in [-0.3, -0.25) is 4.79 Å². The molecule has 0 aliphatic rings. The monoisotopic (exact) mass is 400 g/mol. The molecule has 0 aliphatic heterocycles. The van der Waals surface area contributed by atoms with Gasteiger partial charge in [-0.15, -0.1) is 0 Å². The molecule has 2 aromatic carbocycles. The molecule has 2 heterocycles. The van der Waals surface area contributed by atoms with Crippen molar-refractivity contribution in [2.24, 2.45) is 7.05 Å². The number of rotatable bonds is 3. The van der Waals surface area contributed by atoms with Crippen molar-refractivity contribution in [3.63, 3.8) is 0 Å². The molecule has 0 atom stereocenters. The lowest BCUT2D eigenvalue weighted by molar-refractivity contribution is 0.553. The fraction of sp³-hybridized carbons (Fsp3) is 0.150. The van der Waals surface area contributed by atoms with Gasteiger partial charge in [-0.1, -0.05) is 17.7 Å². The fourth-order valence-electron chi connectivity index (χ4n) is 3.10. The lowest BCUT2D eigenvalue weighted by atomic mass is 10.1. The number of benzene rings is 2. The molecule has 0 unspecified atom stereocenters. The summed E-state index contributed by atoms with van der Waals surface area (Å²) < 4.78 is 30.1. The van der Waals surface area contributed by atoms with E-state index in [1.54, 1.807) is 42.8 Å². The molecular formula is C20H15ClF2N4O. The van der Waals surface area contributed by atoms with Crippen molar-refractivity contribution in [3.8, 4) is 11.4 Å². The van der Waals surface area contributed by atoms with Gasteiger partial charge < -0.3 is 9.55 Å². The average Bonchev–Trinajstić information content (AvgIpc) is 3.00. The highest BCUT2D eigenvalue weighted by molar-refractivity contribution is 6.30. The van der Waals surface area contributed by atoms with E-state index in [-0.39, 0.29) is 23.3 Å². The summed E-state index contributed by atoms with van der Waals surface area (Å²) in [4.78, 5) is 23.8. The second-order valence-electron chi connectivity index (χ2n) is 6.52. The minimum Gasteiger partial charge on any atom is -0.312 e. The van der Waals surface area contributed by atoms with Crippen LogP contribution in [0.3, 0.4) is 0 Å². The van der Waals surface area contributed by atoms with Gasteiger partial charge in [-0.25, -0.2) is 18.7 Å². The number of halogens is 3. The predicted molar refractivity (Wildman–Crippen MR) is 103 cm³/mol. The molecule has 0 fully saturated rings. The van der Waals surface area contributed by atoms with E-state index in [2.05, 4.69) is 15.0 Å². The fourth-order valence-corrected chi connectivity index (χ4v) is 3.23. The number of nitrogens with one attached hydrogen (secondary N) is 1. The van der Waals surface area contributed by atoms with Crippen LogP contribution < -0.4 is 5.56 Å². The van der Waals surface area contributed by atoms with Crippen LogP contribution in [0.2, 0.25) is 5.02 Å². The summed E-state index contributed by atoms with van der Waals surface area (Å²) in [6.07, 6.45) is -0.175. The molecule has 0 radical (unpaired) electrons. The summed E-state index contributed by atoms with van der Waals surface area (Å²) in [6.45, 7) is 1.55. The molecule has 0 aliphatic carbocycles. The first kappa shape index (κ1) is 18.3. The van der Waals surface area contributed by atoms with Crippen LogP contribution in [0.25, 0.3) is 22.6 Å². The number of aromatic nitrogens is 4. The van der Waals surface area contributed by atoms with E-state index < -0.39 is 17.2 Å². The maximum Gasteiger partial charge on any atom is 0.279 e. The number of hydrogen-bond donors (Lipinski definition) is 1. The van der Waals surface area contributed by atoms with Crippen LogP contribution in [0.4, 0.5) is 8.78 Å². The maximum atomic E-state index is 14.3. The summed E-state index contributed by atoms with van der Waals surface area (Å²) in [5.74, 6) is -0.631. The van der Waals surface area contributed by atoms with Gasteiger partial charge in [-0.2, -0.15) is 0 Å². The topological polar surface area (TPSA) is 63.6 Å². The van der Waals surface area contributed by atoms with E-state index in [9.17, 15) is 13.6 Å². The van der Waals surface area contributed by atoms with Crippen LogP contribution >= 0.6 is 11.6 Å². The van der Waals surface area contributed by atoms with E-state index in [0.29, 0.717) is 22.1 Å². The molecule has 0 saturated heterocycles. The highest BCUT2D eigenvalue weighted by Gasteiger charge is 2.18. The van der Waals surface area contributed by atoms with Gasteiger partial charge in [0, 0.05) is 29.6 Å². The molecule has 28 heavy (non-hydrogen) atoms. The van der Waals surface area contributed by atoms with Gasteiger partial charge in [0.15, 0.2) is 11.2 Å². The van der Waals surface area contributed by atoms with E-state index in [1.165, 1.54) is 12.1 Å². The molecule has 0 spiro atoms. The number of imidazole rings is 1. The van der Waals surface area contributed by atoms with Gasteiger partial charge in [0.25, 0.3) is 5.56 Å². The normalized spacial score (nSPS) is 11.3. The zero-order valence-corrected chi connectivity index (χ0v) is 15.8. The third-order valence-electron chi connectivity index (χ3n) is 4.60.